The Morgan fingerprint density at radius 2 is 2.44 bits per heavy atom. The van der Waals surface area contributed by atoms with E-state index in [1.54, 1.807) is 12.1 Å². The van der Waals surface area contributed by atoms with Crippen LogP contribution in [0.5, 0.6) is 5.88 Å². The molecule has 1 aliphatic rings. The molecule has 5 heteroatoms. The Hall–Kier alpha value is -1.62. The number of nitrogens with zero attached hydrogens (tertiary/aromatic N) is 1. The van der Waals surface area contributed by atoms with Gasteiger partial charge in [0.05, 0.1) is 5.39 Å². The molecule has 1 unspecified atom stereocenters. The van der Waals surface area contributed by atoms with E-state index in [-0.39, 0.29) is 11.7 Å². The standard InChI is InChI=1S/C11H11FN2O2/c12-9-3-1-2-8-10(9)16-14-11(8)15-7-4-5-13-6-7/h1-3,7,13H,4-6H2. The number of hydrogen-bond donors (Lipinski definition) is 1. The molecular formula is C11H11FN2O2. The third-order valence-corrected chi connectivity index (χ3v) is 2.71. The first-order chi connectivity index (χ1) is 7.84. The van der Waals surface area contributed by atoms with Crippen LogP contribution in [0.2, 0.25) is 0 Å². The Balaban J connectivity index is 1.94. The highest BCUT2D eigenvalue weighted by atomic mass is 19.1. The minimum absolute atomic E-state index is 0.0940. The molecule has 1 aromatic heterocycles. The highest BCUT2D eigenvalue weighted by Gasteiger charge is 2.20. The van der Waals surface area contributed by atoms with E-state index in [1.165, 1.54) is 6.07 Å². The van der Waals surface area contributed by atoms with E-state index >= 15 is 0 Å². The summed E-state index contributed by atoms with van der Waals surface area (Å²) in [4.78, 5) is 0. The summed E-state index contributed by atoms with van der Waals surface area (Å²) < 4.78 is 23.9. The molecule has 3 rings (SSSR count). The second kappa shape index (κ2) is 3.75. The summed E-state index contributed by atoms with van der Waals surface area (Å²) in [7, 11) is 0. The van der Waals surface area contributed by atoms with Gasteiger partial charge in [-0.15, -0.1) is 0 Å². The van der Waals surface area contributed by atoms with Crippen LogP contribution in [-0.4, -0.2) is 24.4 Å². The number of benzene rings is 1. The van der Waals surface area contributed by atoms with Gasteiger partial charge in [0, 0.05) is 6.54 Å². The van der Waals surface area contributed by atoms with E-state index in [2.05, 4.69) is 10.5 Å². The molecule has 0 radical (unpaired) electrons. The van der Waals surface area contributed by atoms with Gasteiger partial charge in [-0.3, -0.25) is 0 Å². The van der Waals surface area contributed by atoms with Gasteiger partial charge < -0.3 is 14.6 Å². The minimum Gasteiger partial charge on any atom is -0.470 e. The van der Waals surface area contributed by atoms with Crippen LogP contribution in [0.1, 0.15) is 6.42 Å². The summed E-state index contributed by atoms with van der Waals surface area (Å²) in [5.74, 6) is -0.0346. The molecular weight excluding hydrogens is 211 g/mol. The first-order valence-corrected chi connectivity index (χ1v) is 5.26. The van der Waals surface area contributed by atoms with Crippen molar-refractivity contribution in [2.45, 2.75) is 12.5 Å². The van der Waals surface area contributed by atoms with Crippen LogP contribution < -0.4 is 10.1 Å². The van der Waals surface area contributed by atoms with Crippen molar-refractivity contribution in [3.63, 3.8) is 0 Å². The van der Waals surface area contributed by atoms with E-state index < -0.39 is 5.82 Å². The maximum atomic E-state index is 13.3. The van der Waals surface area contributed by atoms with Gasteiger partial charge in [-0.2, -0.15) is 0 Å². The molecule has 0 saturated carbocycles. The van der Waals surface area contributed by atoms with E-state index in [0.29, 0.717) is 11.3 Å². The van der Waals surface area contributed by atoms with Crippen LogP contribution in [0.25, 0.3) is 11.0 Å². The molecule has 1 aromatic carbocycles. The molecule has 2 heterocycles. The maximum absolute atomic E-state index is 13.3. The monoisotopic (exact) mass is 222 g/mol. The second-order valence-corrected chi connectivity index (χ2v) is 3.84. The fraction of sp³-hybridized carbons (Fsp3) is 0.364. The third kappa shape index (κ3) is 1.53. The van der Waals surface area contributed by atoms with Gasteiger partial charge in [0.2, 0.25) is 5.58 Å². The molecule has 1 saturated heterocycles. The number of nitrogens with one attached hydrogen (secondary N) is 1. The summed E-state index contributed by atoms with van der Waals surface area (Å²) in [6.07, 6.45) is 1.03. The number of hydrogen-bond acceptors (Lipinski definition) is 4. The molecule has 84 valence electrons. The zero-order chi connectivity index (χ0) is 11.0. The normalized spacial score (nSPS) is 20.4. The molecule has 0 amide bonds. The average molecular weight is 222 g/mol. The van der Waals surface area contributed by atoms with Crippen molar-refractivity contribution in [2.75, 3.05) is 13.1 Å². The van der Waals surface area contributed by atoms with Crippen molar-refractivity contribution in [3.05, 3.63) is 24.0 Å². The number of para-hydroxylation sites is 1. The zero-order valence-electron chi connectivity index (χ0n) is 8.57. The lowest BCUT2D eigenvalue weighted by atomic mass is 10.2. The van der Waals surface area contributed by atoms with Crippen LogP contribution in [0, 0.1) is 5.82 Å². The van der Waals surface area contributed by atoms with Crippen LogP contribution in [-0.2, 0) is 0 Å². The van der Waals surface area contributed by atoms with Gasteiger partial charge in [-0.1, -0.05) is 6.07 Å². The fourth-order valence-electron chi connectivity index (χ4n) is 1.88. The Bertz CT molecular complexity index is 506. The van der Waals surface area contributed by atoms with Gasteiger partial charge >= 0.3 is 0 Å². The molecule has 1 fully saturated rings. The smallest absolute Gasteiger partial charge is 0.262 e. The molecule has 0 aliphatic carbocycles. The predicted molar refractivity (Wildman–Crippen MR) is 55.9 cm³/mol. The molecule has 1 atom stereocenters. The quantitative estimate of drug-likeness (QED) is 0.840. The lowest BCUT2D eigenvalue weighted by molar-refractivity contribution is 0.204. The maximum Gasteiger partial charge on any atom is 0.262 e. The van der Waals surface area contributed by atoms with Crippen molar-refractivity contribution < 1.29 is 13.7 Å². The van der Waals surface area contributed by atoms with E-state index in [1.807, 2.05) is 0 Å². The fourth-order valence-corrected chi connectivity index (χ4v) is 1.88. The highest BCUT2D eigenvalue weighted by Crippen LogP contribution is 2.27. The van der Waals surface area contributed by atoms with Gasteiger partial charge in [0.25, 0.3) is 5.88 Å². The SMILES string of the molecule is Fc1cccc2c(OC3CCNC3)noc12. The van der Waals surface area contributed by atoms with Crippen molar-refractivity contribution in [1.29, 1.82) is 0 Å². The van der Waals surface area contributed by atoms with Crippen molar-refractivity contribution in [2.24, 2.45) is 0 Å². The molecule has 2 aromatic rings. The highest BCUT2D eigenvalue weighted by molar-refractivity contribution is 5.82. The predicted octanol–water partition coefficient (Wildman–Crippen LogP) is 1.71. The van der Waals surface area contributed by atoms with E-state index in [0.717, 1.165) is 19.5 Å². The largest absolute Gasteiger partial charge is 0.470 e. The van der Waals surface area contributed by atoms with Gasteiger partial charge in [-0.25, -0.2) is 4.39 Å². The molecule has 0 bridgehead atoms. The van der Waals surface area contributed by atoms with Crippen molar-refractivity contribution in [3.8, 4) is 5.88 Å². The summed E-state index contributed by atoms with van der Waals surface area (Å²) in [5, 5.41) is 7.53. The molecule has 1 N–H and O–H groups in total. The van der Waals surface area contributed by atoms with Gasteiger partial charge in [-0.05, 0) is 30.3 Å². The van der Waals surface area contributed by atoms with E-state index in [9.17, 15) is 4.39 Å². The number of rotatable bonds is 2. The van der Waals surface area contributed by atoms with Crippen LogP contribution >= 0.6 is 0 Å². The summed E-state index contributed by atoms with van der Waals surface area (Å²) in [6.45, 7) is 1.73. The third-order valence-electron chi connectivity index (χ3n) is 2.71. The molecule has 0 spiro atoms. The number of halogens is 1. The Labute approximate surface area is 91.4 Å². The summed E-state index contributed by atoms with van der Waals surface area (Å²) >= 11 is 0. The van der Waals surface area contributed by atoms with Crippen molar-refractivity contribution in [1.82, 2.24) is 10.5 Å². The molecule has 4 nitrogen and oxygen atoms in total. The average Bonchev–Trinajstić information content (AvgIpc) is 2.90. The molecule has 16 heavy (non-hydrogen) atoms. The number of ether oxygens (including phenoxy) is 1. The zero-order valence-corrected chi connectivity index (χ0v) is 8.57. The van der Waals surface area contributed by atoms with Crippen LogP contribution in [0.4, 0.5) is 4.39 Å². The number of fused-ring (bicyclic) bond motifs is 1. The van der Waals surface area contributed by atoms with Gasteiger partial charge in [0.1, 0.15) is 6.10 Å². The van der Waals surface area contributed by atoms with Crippen molar-refractivity contribution >= 4 is 11.0 Å². The van der Waals surface area contributed by atoms with E-state index in [4.69, 9.17) is 9.26 Å². The first-order valence-electron chi connectivity index (χ1n) is 5.26. The second-order valence-electron chi connectivity index (χ2n) is 3.84. The molecule has 1 aliphatic heterocycles. The first kappa shape index (κ1) is 9.59. The summed E-state index contributed by atoms with van der Waals surface area (Å²) in [6, 6.07) is 4.70. The van der Waals surface area contributed by atoms with Crippen LogP contribution in [0.3, 0.4) is 0 Å². The Morgan fingerprint density at radius 1 is 1.50 bits per heavy atom. The summed E-state index contributed by atoms with van der Waals surface area (Å²) in [5.41, 5.74) is 0.156. The van der Waals surface area contributed by atoms with Crippen LogP contribution in [0.15, 0.2) is 22.7 Å². The Morgan fingerprint density at radius 3 is 3.25 bits per heavy atom. The Kier molecular flexibility index (Phi) is 2.25. The topological polar surface area (TPSA) is 47.3 Å². The number of aromatic nitrogens is 1. The van der Waals surface area contributed by atoms with Gasteiger partial charge in [0.15, 0.2) is 5.82 Å². The lowest BCUT2D eigenvalue weighted by Crippen LogP contribution is -2.19. The minimum atomic E-state index is -0.413. The lowest BCUT2D eigenvalue weighted by Gasteiger charge is -2.08.